The molecule has 0 aromatic carbocycles. The molecule has 0 aliphatic heterocycles. The normalized spacial score (nSPS) is 11.9. The molecule has 12 heavy (non-hydrogen) atoms. The van der Waals surface area contributed by atoms with Crippen LogP contribution in [0.25, 0.3) is 6.08 Å². The number of hydrogen-bond donors (Lipinski definition) is 0. The van der Waals surface area contributed by atoms with Crippen LogP contribution in [0.1, 0.15) is 18.4 Å². The molecule has 0 aliphatic rings. The van der Waals surface area contributed by atoms with Crippen LogP contribution in [0.4, 0.5) is 0 Å². The van der Waals surface area contributed by atoms with Gasteiger partial charge in [0.25, 0.3) is 0 Å². The van der Waals surface area contributed by atoms with Crippen molar-refractivity contribution in [3.8, 4) is 0 Å². The molecule has 0 bridgehead atoms. The number of aryl methyl sites for hydroxylation is 2. The summed E-state index contributed by atoms with van der Waals surface area (Å²) in [5, 5.41) is 0. The fourth-order valence-corrected chi connectivity index (χ4v) is 0.932. The Balaban J connectivity index is 2.76. The van der Waals surface area contributed by atoms with Crippen LogP contribution in [-0.4, -0.2) is 9.55 Å². The van der Waals surface area contributed by atoms with E-state index in [0.29, 0.717) is 0 Å². The van der Waals surface area contributed by atoms with Crippen LogP contribution in [0.2, 0.25) is 0 Å². The molecule has 0 fully saturated rings. The van der Waals surface area contributed by atoms with Gasteiger partial charge < -0.3 is 4.57 Å². The summed E-state index contributed by atoms with van der Waals surface area (Å²) in [6.45, 7) is 3.99. The van der Waals surface area contributed by atoms with Crippen molar-refractivity contribution in [1.29, 1.82) is 0 Å². The van der Waals surface area contributed by atoms with Crippen LogP contribution < -0.4 is 0 Å². The van der Waals surface area contributed by atoms with Gasteiger partial charge in [-0.3, -0.25) is 0 Å². The van der Waals surface area contributed by atoms with Crippen molar-refractivity contribution in [3.05, 3.63) is 35.9 Å². The van der Waals surface area contributed by atoms with E-state index in [9.17, 15) is 0 Å². The Labute approximate surface area is 73.2 Å². The fraction of sp³-hybridized carbons (Fsp3) is 0.300. The SMILES string of the molecule is C/C=C\C=C/c1cn(C)c(C)n1. The van der Waals surface area contributed by atoms with Crippen molar-refractivity contribution >= 4 is 6.08 Å². The third-order valence-corrected chi connectivity index (χ3v) is 1.70. The van der Waals surface area contributed by atoms with Crippen molar-refractivity contribution in [1.82, 2.24) is 9.55 Å². The Morgan fingerprint density at radius 1 is 1.42 bits per heavy atom. The van der Waals surface area contributed by atoms with Crippen LogP contribution >= 0.6 is 0 Å². The van der Waals surface area contributed by atoms with Crippen molar-refractivity contribution in [3.63, 3.8) is 0 Å². The lowest BCUT2D eigenvalue weighted by Gasteiger charge is -1.87. The van der Waals surface area contributed by atoms with Gasteiger partial charge in [0.2, 0.25) is 0 Å². The average Bonchev–Trinajstić information content (AvgIpc) is 2.32. The molecule has 64 valence electrons. The van der Waals surface area contributed by atoms with Gasteiger partial charge in [0, 0.05) is 13.2 Å². The highest BCUT2D eigenvalue weighted by Gasteiger charge is 1.94. The quantitative estimate of drug-likeness (QED) is 0.610. The number of allylic oxidation sites excluding steroid dienone is 3. The minimum Gasteiger partial charge on any atom is -0.338 e. The second-order valence-corrected chi connectivity index (χ2v) is 2.71. The van der Waals surface area contributed by atoms with Crippen molar-refractivity contribution in [2.24, 2.45) is 7.05 Å². The molecule has 0 saturated carbocycles. The predicted molar refractivity (Wildman–Crippen MR) is 51.8 cm³/mol. The Morgan fingerprint density at radius 2 is 2.17 bits per heavy atom. The molecule has 0 unspecified atom stereocenters. The fourth-order valence-electron chi connectivity index (χ4n) is 0.932. The predicted octanol–water partition coefficient (Wildman–Crippen LogP) is 2.32. The highest BCUT2D eigenvalue weighted by Crippen LogP contribution is 2.01. The van der Waals surface area contributed by atoms with Gasteiger partial charge in [0.05, 0.1) is 5.69 Å². The molecule has 0 atom stereocenters. The Hall–Kier alpha value is -1.31. The zero-order valence-electron chi connectivity index (χ0n) is 7.78. The maximum atomic E-state index is 4.32. The van der Waals surface area contributed by atoms with Crippen molar-refractivity contribution in [2.45, 2.75) is 13.8 Å². The van der Waals surface area contributed by atoms with Crippen LogP contribution in [0, 0.1) is 6.92 Å². The lowest BCUT2D eigenvalue weighted by molar-refractivity contribution is 0.858. The standard InChI is InChI=1S/C10H14N2/c1-4-5-6-7-10-8-12(3)9(2)11-10/h4-8H,1-3H3/b5-4-,7-6-. The van der Waals surface area contributed by atoms with E-state index in [-0.39, 0.29) is 0 Å². The van der Waals surface area contributed by atoms with Gasteiger partial charge in [0.1, 0.15) is 5.82 Å². The third-order valence-electron chi connectivity index (χ3n) is 1.70. The third kappa shape index (κ3) is 2.09. The molecular weight excluding hydrogens is 148 g/mol. The first kappa shape index (κ1) is 8.78. The first-order valence-electron chi connectivity index (χ1n) is 4.03. The highest BCUT2D eigenvalue weighted by molar-refractivity contribution is 5.46. The lowest BCUT2D eigenvalue weighted by atomic mass is 10.4. The van der Waals surface area contributed by atoms with Gasteiger partial charge in [0.15, 0.2) is 0 Å². The van der Waals surface area contributed by atoms with E-state index in [1.807, 2.05) is 56.0 Å². The first-order chi connectivity index (χ1) is 5.74. The highest BCUT2D eigenvalue weighted by atomic mass is 15.0. The molecule has 0 aliphatic carbocycles. The molecule has 1 aromatic rings. The number of rotatable bonds is 2. The Bertz CT molecular complexity index is 286. The summed E-state index contributed by atoms with van der Waals surface area (Å²) in [5.74, 6) is 1.04. The van der Waals surface area contributed by atoms with Gasteiger partial charge >= 0.3 is 0 Å². The van der Waals surface area contributed by atoms with Crippen LogP contribution in [0.15, 0.2) is 24.4 Å². The van der Waals surface area contributed by atoms with E-state index in [0.717, 1.165) is 11.5 Å². The zero-order valence-corrected chi connectivity index (χ0v) is 7.78. The molecule has 1 aromatic heterocycles. The van der Waals surface area contributed by atoms with Gasteiger partial charge in [-0.1, -0.05) is 18.2 Å². The molecule has 0 radical (unpaired) electrons. The molecule has 0 spiro atoms. The van der Waals surface area contributed by atoms with Gasteiger partial charge in [-0.15, -0.1) is 0 Å². The van der Waals surface area contributed by atoms with E-state index in [1.54, 1.807) is 0 Å². The number of imidazole rings is 1. The first-order valence-corrected chi connectivity index (χ1v) is 4.03. The molecule has 2 heteroatoms. The Kier molecular flexibility index (Phi) is 2.86. The average molecular weight is 162 g/mol. The van der Waals surface area contributed by atoms with Gasteiger partial charge in [-0.25, -0.2) is 4.98 Å². The second-order valence-electron chi connectivity index (χ2n) is 2.71. The minimum atomic E-state index is 1.01. The van der Waals surface area contributed by atoms with Crippen molar-refractivity contribution in [2.75, 3.05) is 0 Å². The van der Waals surface area contributed by atoms with E-state index in [4.69, 9.17) is 0 Å². The summed E-state index contributed by atoms with van der Waals surface area (Å²) in [4.78, 5) is 4.32. The molecule has 0 N–H and O–H groups in total. The monoisotopic (exact) mass is 162 g/mol. The molecule has 0 amide bonds. The second kappa shape index (κ2) is 3.90. The topological polar surface area (TPSA) is 17.8 Å². The van der Waals surface area contributed by atoms with Crippen LogP contribution in [-0.2, 0) is 7.05 Å². The van der Waals surface area contributed by atoms with E-state index in [2.05, 4.69) is 4.98 Å². The summed E-state index contributed by atoms with van der Waals surface area (Å²) >= 11 is 0. The van der Waals surface area contributed by atoms with E-state index < -0.39 is 0 Å². The molecule has 2 nitrogen and oxygen atoms in total. The Morgan fingerprint density at radius 3 is 2.67 bits per heavy atom. The summed E-state index contributed by atoms with van der Waals surface area (Å²) in [5.41, 5.74) is 1.01. The van der Waals surface area contributed by atoms with Gasteiger partial charge in [-0.2, -0.15) is 0 Å². The summed E-state index contributed by atoms with van der Waals surface area (Å²) in [6, 6.07) is 0. The zero-order chi connectivity index (χ0) is 8.97. The smallest absolute Gasteiger partial charge is 0.105 e. The minimum absolute atomic E-state index is 1.01. The summed E-state index contributed by atoms with van der Waals surface area (Å²) < 4.78 is 2.01. The molecule has 1 rings (SSSR count). The molecule has 0 saturated heterocycles. The summed E-state index contributed by atoms with van der Waals surface area (Å²) in [6.07, 6.45) is 9.97. The lowest BCUT2D eigenvalue weighted by Crippen LogP contribution is -1.86. The molecule has 1 heterocycles. The van der Waals surface area contributed by atoms with E-state index in [1.165, 1.54) is 0 Å². The number of aromatic nitrogens is 2. The number of nitrogens with zero attached hydrogens (tertiary/aromatic N) is 2. The van der Waals surface area contributed by atoms with E-state index >= 15 is 0 Å². The van der Waals surface area contributed by atoms with Gasteiger partial charge in [-0.05, 0) is 19.9 Å². The summed E-state index contributed by atoms with van der Waals surface area (Å²) in [7, 11) is 2.00. The maximum absolute atomic E-state index is 4.32. The van der Waals surface area contributed by atoms with Crippen molar-refractivity contribution < 1.29 is 0 Å². The molecular formula is C10H14N2. The van der Waals surface area contributed by atoms with Crippen LogP contribution in [0.5, 0.6) is 0 Å². The maximum Gasteiger partial charge on any atom is 0.105 e. The number of hydrogen-bond acceptors (Lipinski definition) is 1. The van der Waals surface area contributed by atoms with Crippen LogP contribution in [0.3, 0.4) is 0 Å². The largest absolute Gasteiger partial charge is 0.338 e.